The van der Waals surface area contributed by atoms with Crippen molar-refractivity contribution in [3.05, 3.63) is 182 Å². The Morgan fingerprint density at radius 2 is 0.483 bits per heavy atom. The number of hydrogen-bond donors (Lipinski definition) is 0. The number of thiophene rings is 6. The molecule has 0 aliphatic heterocycles. The Kier molecular flexibility index (Phi) is 8.43. The van der Waals surface area contributed by atoms with Crippen LogP contribution in [0.3, 0.4) is 0 Å². The predicted molar refractivity (Wildman–Crippen MR) is 262 cm³/mol. The summed E-state index contributed by atoms with van der Waals surface area (Å²) >= 11 is 11.7. The SMILES string of the molecule is c1ccc(-c2cccc(-c3ccccc3)c2-c2cc3sc4cc(-c5cc6sc7cc(-c8c(-c9ccccc9)cccc8-c8ccccc8)sc7c6s5)sc4c3s2)cc1. The highest BCUT2D eigenvalue weighted by atomic mass is 32.1. The van der Waals surface area contributed by atoms with Gasteiger partial charge in [-0.3, -0.25) is 0 Å². The average molecular weight is 847 g/mol. The molecule has 0 bridgehead atoms. The van der Waals surface area contributed by atoms with Gasteiger partial charge >= 0.3 is 0 Å². The zero-order chi connectivity index (χ0) is 38.2. The third kappa shape index (κ3) is 5.78. The van der Waals surface area contributed by atoms with Crippen LogP contribution in [0.5, 0.6) is 0 Å². The molecule has 0 saturated carbocycles. The summed E-state index contributed by atoms with van der Waals surface area (Å²) < 4.78 is 11.2. The van der Waals surface area contributed by atoms with Crippen LogP contribution in [0.1, 0.15) is 0 Å². The van der Waals surface area contributed by atoms with Gasteiger partial charge in [-0.1, -0.05) is 158 Å². The summed E-state index contributed by atoms with van der Waals surface area (Å²) in [4.78, 5) is 5.39. The molecule has 12 aromatic rings. The molecule has 0 aliphatic rings. The first-order valence-electron chi connectivity index (χ1n) is 19.1. The Hall–Kier alpha value is -5.44. The summed E-state index contributed by atoms with van der Waals surface area (Å²) in [5, 5.41) is 0. The Morgan fingerprint density at radius 1 is 0.224 bits per heavy atom. The maximum atomic E-state index is 2.44. The molecule has 274 valence electrons. The van der Waals surface area contributed by atoms with E-state index in [1.165, 1.54) is 113 Å². The van der Waals surface area contributed by atoms with E-state index in [0.29, 0.717) is 0 Å². The second-order valence-corrected chi connectivity index (χ2v) is 20.7. The molecule has 0 atom stereocenters. The summed E-state index contributed by atoms with van der Waals surface area (Å²) in [7, 11) is 0. The minimum atomic E-state index is 1.25. The first-order valence-corrected chi connectivity index (χ1v) is 24.0. The summed E-state index contributed by atoms with van der Waals surface area (Å²) in [5.74, 6) is 0. The Bertz CT molecular complexity index is 3080. The maximum Gasteiger partial charge on any atom is 0.0636 e. The molecule has 0 unspecified atom stereocenters. The molecule has 0 N–H and O–H groups in total. The molecule has 0 fully saturated rings. The molecule has 0 aliphatic carbocycles. The van der Waals surface area contributed by atoms with Gasteiger partial charge in [-0.25, -0.2) is 0 Å². The molecule has 6 heteroatoms. The molecule has 0 saturated heterocycles. The van der Waals surface area contributed by atoms with Gasteiger partial charge < -0.3 is 0 Å². The van der Waals surface area contributed by atoms with Crippen LogP contribution >= 0.6 is 68.0 Å². The van der Waals surface area contributed by atoms with Gasteiger partial charge in [-0.2, -0.15) is 0 Å². The molecule has 0 spiro atoms. The van der Waals surface area contributed by atoms with E-state index in [-0.39, 0.29) is 0 Å². The lowest BCUT2D eigenvalue weighted by Crippen LogP contribution is -1.88. The van der Waals surface area contributed by atoms with E-state index in [9.17, 15) is 0 Å². The zero-order valence-corrected chi connectivity index (χ0v) is 35.7. The standard InChI is InChI=1S/C52H30S6/c1-5-15-31(16-6-1)35-23-13-24-36(32-17-7-2-8-18-32)47(35)41-29-45-51(57-41)49-43(53-45)27-39(55-49)40-28-44-50(56-40)52-46(54-44)30-42(58-52)48-37(33-19-9-3-10-20-33)25-14-26-38(48)34-21-11-4-12-22-34/h1-30H. The van der Waals surface area contributed by atoms with Gasteiger partial charge in [-0.15, -0.1) is 68.0 Å². The molecule has 12 rings (SSSR count). The van der Waals surface area contributed by atoms with E-state index < -0.39 is 0 Å². The van der Waals surface area contributed by atoms with E-state index in [1.54, 1.807) is 0 Å². The minimum Gasteiger partial charge on any atom is -0.133 e. The second-order valence-electron chi connectivity index (χ2n) is 14.3. The van der Waals surface area contributed by atoms with E-state index in [2.05, 4.69) is 182 Å². The fourth-order valence-corrected chi connectivity index (χ4v) is 16.5. The molecular weight excluding hydrogens is 817 g/mol. The van der Waals surface area contributed by atoms with Crippen LogP contribution in [-0.4, -0.2) is 0 Å². The van der Waals surface area contributed by atoms with Crippen molar-refractivity contribution in [1.82, 2.24) is 0 Å². The Morgan fingerprint density at radius 3 is 0.776 bits per heavy atom. The van der Waals surface area contributed by atoms with Gasteiger partial charge in [-0.05, 0) is 68.8 Å². The third-order valence-electron chi connectivity index (χ3n) is 10.8. The van der Waals surface area contributed by atoms with E-state index >= 15 is 0 Å². The van der Waals surface area contributed by atoms with Crippen LogP contribution in [0, 0.1) is 0 Å². The van der Waals surface area contributed by atoms with Gasteiger partial charge in [0.25, 0.3) is 0 Å². The van der Waals surface area contributed by atoms with Crippen molar-refractivity contribution < 1.29 is 0 Å². The molecule has 0 nitrogen and oxygen atoms in total. The summed E-state index contributed by atoms with van der Waals surface area (Å²) in [6.45, 7) is 0. The van der Waals surface area contributed by atoms with Crippen LogP contribution in [-0.2, 0) is 0 Å². The van der Waals surface area contributed by atoms with Crippen molar-refractivity contribution in [2.24, 2.45) is 0 Å². The number of fused-ring (bicyclic) bond motifs is 6. The maximum absolute atomic E-state index is 2.44. The molecule has 6 heterocycles. The van der Waals surface area contributed by atoms with Gasteiger partial charge in [0.2, 0.25) is 0 Å². The van der Waals surface area contributed by atoms with Gasteiger partial charge in [0.1, 0.15) is 0 Å². The van der Waals surface area contributed by atoms with Crippen LogP contribution in [0.25, 0.3) is 113 Å². The number of hydrogen-bond acceptors (Lipinski definition) is 6. The lowest BCUT2D eigenvalue weighted by atomic mass is 9.91. The third-order valence-corrected chi connectivity index (χ3v) is 18.6. The van der Waals surface area contributed by atoms with Crippen LogP contribution < -0.4 is 0 Å². The monoisotopic (exact) mass is 846 g/mol. The van der Waals surface area contributed by atoms with Crippen molar-refractivity contribution in [2.75, 3.05) is 0 Å². The highest BCUT2D eigenvalue weighted by molar-refractivity contribution is 7.42. The average Bonchev–Trinajstić information content (AvgIpc) is 4.14. The zero-order valence-electron chi connectivity index (χ0n) is 30.8. The van der Waals surface area contributed by atoms with Crippen LogP contribution in [0.15, 0.2) is 182 Å². The first kappa shape index (κ1) is 34.6. The quantitative estimate of drug-likeness (QED) is 0.150. The normalized spacial score (nSPS) is 11.8. The fraction of sp³-hybridized carbons (Fsp3) is 0. The Balaban J connectivity index is 0.952. The lowest BCUT2D eigenvalue weighted by molar-refractivity contribution is 1.59. The van der Waals surface area contributed by atoms with Crippen LogP contribution in [0.2, 0.25) is 0 Å². The number of benzene rings is 6. The lowest BCUT2D eigenvalue weighted by Gasteiger charge is -2.14. The van der Waals surface area contributed by atoms with E-state index in [1.807, 2.05) is 68.0 Å². The van der Waals surface area contributed by atoms with Crippen molar-refractivity contribution in [1.29, 1.82) is 0 Å². The highest BCUT2D eigenvalue weighted by Crippen LogP contribution is 2.54. The van der Waals surface area contributed by atoms with Gasteiger partial charge in [0.15, 0.2) is 0 Å². The topological polar surface area (TPSA) is 0 Å². The van der Waals surface area contributed by atoms with Crippen LogP contribution in [0.4, 0.5) is 0 Å². The van der Waals surface area contributed by atoms with E-state index in [4.69, 9.17) is 0 Å². The molecule has 6 aromatic heterocycles. The predicted octanol–water partition coefficient (Wildman–Crippen LogP) is 18.3. The molecule has 6 aromatic carbocycles. The van der Waals surface area contributed by atoms with Crippen molar-refractivity contribution >= 4 is 106 Å². The minimum absolute atomic E-state index is 1.25. The van der Waals surface area contributed by atoms with Crippen molar-refractivity contribution in [3.63, 3.8) is 0 Å². The highest BCUT2D eigenvalue weighted by Gasteiger charge is 2.23. The Labute approximate surface area is 359 Å². The second kappa shape index (κ2) is 14.1. The largest absolute Gasteiger partial charge is 0.133 e. The van der Waals surface area contributed by atoms with Gasteiger partial charge in [0, 0.05) is 49.4 Å². The molecule has 0 amide bonds. The van der Waals surface area contributed by atoms with Gasteiger partial charge in [0.05, 0.1) is 18.8 Å². The smallest absolute Gasteiger partial charge is 0.0636 e. The van der Waals surface area contributed by atoms with E-state index in [0.717, 1.165) is 0 Å². The fourth-order valence-electron chi connectivity index (χ4n) is 8.23. The molecular formula is C52H30S6. The number of rotatable bonds is 7. The first-order chi connectivity index (χ1) is 28.7. The van der Waals surface area contributed by atoms with Crippen molar-refractivity contribution in [3.8, 4) is 75.1 Å². The summed E-state index contributed by atoms with van der Waals surface area (Å²) in [5.41, 5.74) is 12.7. The summed E-state index contributed by atoms with van der Waals surface area (Å²) in [6, 6.07) is 66.7. The molecule has 58 heavy (non-hydrogen) atoms. The summed E-state index contributed by atoms with van der Waals surface area (Å²) in [6.07, 6.45) is 0. The van der Waals surface area contributed by atoms with Crippen molar-refractivity contribution in [2.45, 2.75) is 0 Å². The molecule has 0 radical (unpaired) electrons.